The van der Waals surface area contributed by atoms with Gasteiger partial charge in [-0.15, -0.1) is 0 Å². The van der Waals surface area contributed by atoms with Crippen molar-refractivity contribution >= 4 is 32.7 Å². The van der Waals surface area contributed by atoms with Crippen molar-refractivity contribution in [3.63, 3.8) is 0 Å². The molecular formula is C16H13BrN2O. The maximum absolute atomic E-state index is 11.0. The minimum Gasteiger partial charge on any atom is -0.366 e. The van der Waals surface area contributed by atoms with Crippen LogP contribution in [0.15, 0.2) is 59.2 Å². The maximum Gasteiger partial charge on any atom is 0.248 e. The SMILES string of the molecule is NC(=O)c1ccc(Cn2ccc3cc(Br)ccc32)cc1. The van der Waals surface area contributed by atoms with E-state index in [4.69, 9.17) is 5.73 Å². The quantitative estimate of drug-likeness (QED) is 0.785. The van der Waals surface area contributed by atoms with Gasteiger partial charge in [0.1, 0.15) is 0 Å². The Kier molecular flexibility index (Phi) is 3.32. The maximum atomic E-state index is 11.0. The number of halogens is 1. The number of rotatable bonds is 3. The van der Waals surface area contributed by atoms with E-state index < -0.39 is 5.91 Å². The Morgan fingerprint density at radius 1 is 1.10 bits per heavy atom. The van der Waals surface area contributed by atoms with Crippen LogP contribution in [-0.2, 0) is 6.54 Å². The monoisotopic (exact) mass is 328 g/mol. The Bertz CT molecular complexity index is 775. The molecule has 0 aliphatic heterocycles. The highest BCUT2D eigenvalue weighted by Gasteiger charge is 2.04. The zero-order chi connectivity index (χ0) is 14.1. The van der Waals surface area contributed by atoms with Crippen molar-refractivity contribution < 1.29 is 4.79 Å². The Morgan fingerprint density at radius 3 is 2.55 bits per heavy atom. The third-order valence-corrected chi connectivity index (χ3v) is 3.82. The van der Waals surface area contributed by atoms with Crippen LogP contribution >= 0.6 is 15.9 Å². The van der Waals surface area contributed by atoms with Gasteiger partial charge in [0, 0.05) is 33.7 Å². The average Bonchev–Trinajstić information content (AvgIpc) is 2.81. The van der Waals surface area contributed by atoms with Crippen LogP contribution in [0, 0.1) is 0 Å². The smallest absolute Gasteiger partial charge is 0.248 e. The van der Waals surface area contributed by atoms with Crippen LogP contribution in [0.2, 0.25) is 0 Å². The highest BCUT2D eigenvalue weighted by Crippen LogP contribution is 2.21. The predicted octanol–water partition coefficient (Wildman–Crippen LogP) is 3.55. The summed E-state index contributed by atoms with van der Waals surface area (Å²) in [5.74, 6) is -0.396. The third-order valence-electron chi connectivity index (χ3n) is 3.32. The summed E-state index contributed by atoms with van der Waals surface area (Å²) < 4.78 is 3.26. The molecule has 0 spiro atoms. The van der Waals surface area contributed by atoms with E-state index >= 15 is 0 Å². The highest BCUT2D eigenvalue weighted by molar-refractivity contribution is 9.10. The largest absolute Gasteiger partial charge is 0.366 e. The van der Waals surface area contributed by atoms with Crippen molar-refractivity contribution in [3.8, 4) is 0 Å². The lowest BCUT2D eigenvalue weighted by molar-refractivity contribution is 0.100. The van der Waals surface area contributed by atoms with Gasteiger partial charge in [0.2, 0.25) is 5.91 Å². The van der Waals surface area contributed by atoms with Gasteiger partial charge in [-0.05, 0) is 42.0 Å². The summed E-state index contributed by atoms with van der Waals surface area (Å²) in [5, 5.41) is 1.20. The molecular weight excluding hydrogens is 316 g/mol. The molecule has 0 fully saturated rings. The zero-order valence-corrected chi connectivity index (χ0v) is 12.3. The first-order chi connectivity index (χ1) is 9.63. The van der Waals surface area contributed by atoms with Crippen molar-refractivity contribution in [2.24, 2.45) is 5.73 Å². The normalized spacial score (nSPS) is 10.8. The number of carbonyl (C=O) groups excluding carboxylic acids is 1. The highest BCUT2D eigenvalue weighted by atomic mass is 79.9. The van der Waals surface area contributed by atoms with Gasteiger partial charge in [0.25, 0.3) is 0 Å². The minimum absolute atomic E-state index is 0.396. The van der Waals surface area contributed by atoms with E-state index in [2.05, 4.69) is 44.9 Å². The molecule has 3 aromatic rings. The fourth-order valence-corrected chi connectivity index (χ4v) is 2.66. The number of fused-ring (bicyclic) bond motifs is 1. The van der Waals surface area contributed by atoms with E-state index in [1.807, 2.05) is 18.2 Å². The van der Waals surface area contributed by atoms with E-state index in [0.717, 1.165) is 16.6 Å². The van der Waals surface area contributed by atoms with Crippen LogP contribution in [0.5, 0.6) is 0 Å². The number of benzene rings is 2. The number of hydrogen-bond donors (Lipinski definition) is 1. The fourth-order valence-electron chi connectivity index (χ4n) is 2.28. The van der Waals surface area contributed by atoms with Gasteiger partial charge in [-0.2, -0.15) is 0 Å². The summed E-state index contributed by atoms with van der Waals surface area (Å²) in [7, 11) is 0. The lowest BCUT2D eigenvalue weighted by atomic mass is 10.1. The van der Waals surface area contributed by atoms with E-state index in [-0.39, 0.29) is 0 Å². The number of primary amides is 1. The lowest BCUT2D eigenvalue weighted by Crippen LogP contribution is -2.10. The molecule has 1 heterocycles. The van der Waals surface area contributed by atoms with Crippen LogP contribution < -0.4 is 5.73 Å². The summed E-state index contributed by atoms with van der Waals surface area (Å²) in [4.78, 5) is 11.0. The van der Waals surface area contributed by atoms with Crippen LogP contribution in [0.3, 0.4) is 0 Å². The molecule has 1 aromatic heterocycles. The molecule has 0 aliphatic carbocycles. The van der Waals surface area contributed by atoms with Crippen LogP contribution in [-0.4, -0.2) is 10.5 Å². The number of hydrogen-bond acceptors (Lipinski definition) is 1. The second-order valence-electron chi connectivity index (χ2n) is 4.71. The van der Waals surface area contributed by atoms with Gasteiger partial charge in [0.15, 0.2) is 0 Å². The van der Waals surface area contributed by atoms with E-state index in [1.165, 1.54) is 10.9 Å². The first kappa shape index (κ1) is 12.9. The van der Waals surface area contributed by atoms with Crippen molar-refractivity contribution in [3.05, 3.63) is 70.3 Å². The van der Waals surface area contributed by atoms with Gasteiger partial charge in [-0.25, -0.2) is 0 Å². The molecule has 3 rings (SSSR count). The Morgan fingerprint density at radius 2 is 1.85 bits per heavy atom. The van der Waals surface area contributed by atoms with E-state index in [1.54, 1.807) is 12.1 Å². The topological polar surface area (TPSA) is 48.0 Å². The lowest BCUT2D eigenvalue weighted by Gasteiger charge is -2.06. The number of aromatic nitrogens is 1. The van der Waals surface area contributed by atoms with Crippen LogP contribution in [0.1, 0.15) is 15.9 Å². The van der Waals surface area contributed by atoms with Crippen molar-refractivity contribution in [1.82, 2.24) is 4.57 Å². The first-order valence-electron chi connectivity index (χ1n) is 6.26. The molecule has 0 saturated heterocycles. The molecule has 0 aliphatic rings. The van der Waals surface area contributed by atoms with Crippen molar-refractivity contribution in [1.29, 1.82) is 0 Å². The summed E-state index contributed by atoms with van der Waals surface area (Å²) >= 11 is 3.48. The number of nitrogens with two attached hydrogens (primary N) is 1. The Hall–Kier alpha value is -2.07. The fraction of sp³-hybridized carbons (Fsp3) is 0.0625. The number of carbonyl (C=O) groups is 1. The molecule has 2 N–H and O–H groups in total. The second-order valence-corrected chi connectivity index (χ2v) is 5.62. The Balaban J connectivity index is 1.91. The van der Waals surface area contributed by atoms with Gasteiger partial charge < -0.3 is 10.3 Å². The predicted molar refractivity (Wildman–Crippen MR) is 83.7 cm³/mol. The summed E-state index contributed by atoms with van der Waals surface area (Å²) in [6.45, 7) is 0.768. The molecule has 0 saturated carbocycles. The van der Waals surface area contributed by atoms with Gasteiger partial charge in [0.05, 0.1) is 0 Å². The molecule has 0 bridgehead atoms. The van der Waals surface area contributed by atoms with Crippen LogP contribution in [0.25, 0.3) is 10.9 Å². The molecule has 0 radical (unpaired) electrons. The van der Waals surface area contributed by atoms with Crippen LogP contribution in [0.4, 0.5) is 0 Å². The first-order valence-corrected chi connectivity index (χ1v) is 7.06. The van der Waals surface area contributed by atoms with Crippen molar-refractivity contribution in [2.45, 2.75) is 6.54 Å². The molecule has 4 heteroatoms. The van der Waals surface area contributed by atoms with Gasteiger partial charge in [-0.3, -0.25) is 4.79 Å². The second kappa shape index (κ2) is 5.13. The van der Waals surface area contributed by atoms with Gasteiger partial charge >= 0.3 is 0 Å². The Labute approximate surface area is 125 Å². The zero-order valence-electron chi connectivity index (χ0n) is 10.7. The summed E-state index contributed by atoms with van der Waals surface area (Å²) in [5.41, 5.74) is 8.10. The summed E-state index contributed by atoms with van der Waals surface area (Å²) in [6, 6.07) is 15.7. The van der Waals surface area contributed by atoms with Crippen molar-refractivity contribution in [2.75, 3.05) is 0 Å². The molecule has 100 valence electrons. The minimum atomic E-state index is -0.396. The molecule has 0 atom stereocenters. The molecule has 0 unspecified atom stereocenters. The summed E-state index contributed by atoms with van der Waals surface area (Å²) in [6.07, 6.45) is 2.07. The van der Waals surface area contributed by atoms with Gasteiger partial charge in [-0.1, -0.05) is 28.1 Å². The van der Waals surface area contributed by atoms with E-state index in [0.29, 0.717) is 5.56 Å². The average molecular weight is 329 g/mol. The number of amides is 1. The standard InChI is InChI=1S/C16H13BrN2O/c17-14-5-6-15-13(9-14)7-8-19(15)10-11-1-3-12(4-2-11)16(18)20/h1-9H,10H2,(H2,18,20). The number of nitrogens with zero attached hydrogens (tertiary/aromatic N) is 1. The molecule has 20 heavy (non-hydrogen) atoms. The third kappa shape index (κ3) is 2.47. The molecule has 3 nitrogen and oxygen atoms in total. The molecule has 2 aromatic carbocycles. The van der Waals surface area contributed by atoms with E-state index in [9.17, 15) is 4.79 Å². The molecule has 1 amide bonds.